The van der Waals surface area contributed by atoms with Crippen LogP contribution in [0.25, 0.3) is 0 Å². The van der Waals surface area contributed by atoms with Crippen LogP contribution in [0.2, 0.25) is 0 Å². The number of nitrogens with one attached hydrogen (secondary N) is 1. The number of carbonyl (C=O) groups is 1. The molecule has 0 aliphatic heterocycles. The van der Waals surface area contributed by atoms with Gasteiger partial charge >= 0.3 is 0 Å². The van der Waals surface area contributed by atoms with Crippen LogP contribution in [0.5, 0.6) is 17.2 Å². The zero-order valence-corrected chi connectivity index (χ0v) is 17.5. The van der Waals surface area contributed by atoms with Crippen LogP contribution in [-0.4, -0.2) is 24.5 Å². The van der Waals surface area contributed by atoms with Crippen LogP contribution in [-0.2, 0) is 6.61 Å². The van der Waals surface area contributed by atoms with E-state index >= 15 is 0 Å². The molecule has 1 N–H and O–H groups in total. The normalized spacial score (nSPS) is 10.3. The van der Waals surface area contributed by atoms with E-state index in [9.17, 15) is 19.3 Å². The molecule has 0 unspecified atom stereocenters. The third-order valence-electron chi connectivity index (χ3n) is 4.41. The maximum absolute atomic E-state index is 13.3. The van der Waals surface area contributed by atoms with Gasteiger partial charge < -0.3 is 19.5 Å². The summed E-state index contributed by atoms with van der Waals surface area (Å²) in [6, 6.07) is 15.0. The minimum atomic E-state index is -0.694. The second kappa shape index (κ2) is 10.3. The average Bonchev–Trinajstić information content (AvgIpc) is 2.78. The Bertz CT molecular complexity index is 1140. The van der Waals surface area contributed by atoms with Crippen molar-refractivity contribution in [2.45, 2.75) is 13.5 Å². The molecular weight excluding hydrogens is 419 g/mol. The number of nitro benzene ring substituents is 1. The van der Waals surface area contributed by atoms with Gasteiger partial charge in [0.15, 0.2) is 11.5 Å². The maximum atomic E-state index is 13.3. The highest BCUT2D eigenvalue weighted by Crippen LogP contribution is 2.35. The zero-order valence-electron chi connectivity index (χ0n) is 17.5. The van der Waals surface area contributed by atoms with Gasteiger partial charge in [-0.1, -0.05) is 18.2 Å². The van der Waals surface area contributed by atoms with Crippen molar-refractivity contribution in [3.05, 3.63) is 87.7 Å². The SMILES string of the molecule is CCOc1cc([N+](=O)[O-])c(C(=O)Nc2cccc(OCc3cccc(F)c3)c2)cc1OC. The lowest BCUT2D eigenvalue weighted by molar-refractivity contribution is -0.385. The van der Waals surface area contributed by atoms with E-state index in [4.69, 9.17) is 14.2 Å². The standard InChI is InChI=1S/C23H21FN2O6/c1-3-31-22-13-20(26(28)29)19(12-21(22)30-2)23(27)25-17-8-5-9-18(11-17)32-14-15-6-4-7-16(24)10-15/h4-13H,3,14H2,1-2H3,(H,25,27). The molecule has 0 heterocycles. The average molecular weight is 440 g/mol. The first-order valence-corrected chi connectivity index (χ1v) is 9.69. The first kappa shape index (κ1) is 22.5. The number of methoxy groups -OCH3 is 1. The number of benzene rings is 3. The van der Waals surface area contributed by atoms with Gasteiger partial charge in [-0.15, -0.1) is 0 Å². The third kappa shape index (κ3) is 5.51. The number of anilines is 1. The number of nitro groups is 1. The highest BCUT2D eigenvalue weighted by Gasteiger charge is 2.25. The van der Waals surface area contributed by atoms with Gasteiger partial charge in [0.05, 0.1) is 24.7 Å². The van der Waals surface area contributed by atoms with Gasteiger partial charge in [-0.05, 0) is 36.8 Å². The Morgan fingerprint density at radius 2 is 1.84 bits per heavy atom. The van der Waals surface area contributed by atoms with E-state index in [-0.39, 0.29) is 36.1 Å². The lowest BCUT2D eigenvalue weighted by atomic mass is 10.1. The van der Waals surface area contributed by atoms with Crippen molar-refractivity contribution < 1.29 is 28.3 Å². The summed E-state index contributed by atoms with van der Waals surface area (Å²) in [6.07, 6.45) is 0. The van der Waals surface area contributed by atoms with Crippen LogP contribution >= 0.6 is 0 Å². The molecule has 3 aromatic rings. The first-order valence-electron chi connectivity index (χ1n) is 9.69. The van der Waals surface area contributed by atoms with Crippen molar-refractivity contribution in [2.75, 3.05) is 19.0 Å². The Kier molecular flexibility index (Phi) is 7.22. The van der Waals surface area contributed by atoms with Crippen molar-refractivity contribution in [1.29, 1.82) is 0 Å². The number of rotatable bonds is 9. The quantitative estimate of drug-likeness (QED) is 0.372. The number of carbonyl (C=O) groups excluding carboxylic acids is 1. The van der Waals surface area contributed by atoms with Gasteiger partial charge in [0, 0.05) is 17.8 Å². The molecule has 0 aromatic heterocycles. The molecule has 0 fully saturated rings. The van der Waals surface area contributed by atoms with Crippen molar-refractivity contribution in [2.24, 2.45) is 0 Å². The Balaban J connectivity index is 1.79. The summed E-state index contributed by atoms with van der Waals surface area (Å²) in [6.45, 7) is 2.15. The molecule has 3 rings (SSSR count). The molecule has 32 heavy (non-hydrogen) atoms. The molecule has 0 saturated heterocycles. The highest BCUT2D eigenvalue weighted by atomic mass is 19.1. The van der Waals surface area contributed by atoms with Gasteiger partial charge in [0.25, 0.3) is 11.6 Å². The van der Waals surface area contributed by atoms with Crippen LogP contribution in [0.15, 0.2) is 60.7 Å². The fourth-order valence-electron chi connectivity index (χ4n) is 2.97. The number of amides is 1. The van der Waals surface area contributed by atoms with Crippen LogP contribution in [0.1, 0.15) is 22.8 Å². The van der Waals surface area contributed by atoms with E-state index in [1.54, 1.807) is 43.3 Å². The largest absolute Gasteiger partial charge is 0.493 e. The Labute approximate surface area is 183 Å². The molecule has 8 nitrogen and oxygen atoms in total. The molecule has 0 spiro atoms. The molecule has 0 saturated carbocycles. The minimum Gasteiger partial charge on any atom is -0.493 e. The molecule has 0 aliphatic carbocycles. The predicted octanol–water partition coefficient (Wildman–Crippen LogP) is 4.97. The topological polar surface area (TPSA) is 99.9 Å². The molecule has 1 amide bonds. The summed E-state index contributed by atoms with van der Waals surface area (Å²) >= 11 is 0. The second-order valence-corrected chi connectivity index (χ2v) is 6.61. The molecular formula is C23H21FN2O6. The number of halogens is 1. The molecule has 166 valence electrons. The van der Waals surface area contributed by atoms with Crippen molar-refractivity contribution >= 4 is 17.3 Å². The molecule has 9 heteroatoms. The van der Waals surface area contributed by atoms with Gasteiger partial charge in [-0.25, -0.2) is 4.39 Å². The van der Waals surface area contributed by atoms with Crippen molar-refractivity contribution in [3.63, 3.8) is 0 Å². The molecule has 0 atom stereocenters. The summed E-state index contributed by atoms with van der Waals surface area (Å²) in [5, 5.41) is 14.1. The summed E-state index contributed by atoms with van der Waals surface area (Å²) in [5.41, 5.74) is 0.428. The summed E-state index contributed by atoms with van der Waals surface area (Å²) < 4.78 is 29.5. The van der Waals surface area contributed by atoms with E-state index in [0.717, 1.165) is 6.07 Å². The molecule has 3 aromatic carbocycles. The van der Waals surface area contributed by atoms with Crippen molar-refractivity contribution in [3.8, 4) is 17.2 Å². The van der Waals surface area contributed by atoms with E-state index in [1.807, 2.05) is 0 Å². The predicted molar refractivity (Wildman–Crippen MR) is 116 cm³/mol. The molecule has 0 aliphatic rings. The Morgan fingerprint density at radius 1 is 1.06 bits per heavy atom. The number of hydrogen-bond donors (Lipinski definition) is 1. The monoisotopic (exact) mass is 440 g/mol. The van der Waals surface area contributed by atoms with Gasteiger partial charge in [0.1, 0.15) is 23.7 Å². The van der Waals surface area contributed by atoms with Crippen molar-refractivity contribution in [1.82, 2.24) is 0 Å². The Morgan fingerprint density at radius 3 is 2.53 bits per heavy atom. The summed E-state index contributed by atoms with van der Waals surface area (Å²) in [7, 11) is 1.38. The maximum Gasteiger partial charge on any atom is 0.286 e. The number of hydrogen-bond acceptors (Lipinski definition) is 6. The first-order chi connectivity index (χ1) is 15.4. The lowest BCUT2D eigenvalue weighted by Gasteiger charge is -2.12. The van der Waals surface area contributed by atoms with E-state index in [1.165, 1.54) is 25.3 Å². The summed E-state index contributed by atoms with van der Waals surface area (Å²) in [5.74, 6) is -0.244. The van der Waals surface area contributed by atoms with Crippen LogP contribution in [0.4, 0.5) is 15.8 Å². The van der Waals surface area contributed by atoms with Gasteiger partial charge in [-0.3, -0.25) is 14.9 Å². The van der Waals surface area contributed by atoms with E-state index in [0.29, 0.717) is 17.0 Å². The summed E-state index contributed by atoms with van der Waals surface area (Å²) in [4.78, 5) is 23.7. The van der Waals surface area contributed by atoms with Gasteiger partial charge in [0.2, 0.25) is 0 Å². The van der Waals surface area contributed by atoms with Crippen LogP contribution < -0.4 is 19.5 Å². The lowest BCUT2D eigenvalue weighted by Crippen LogP contribution is -2.14. The molecule has 0 bridgehead atoms. The number of nitrogens with zero attached hydrogens (tertiary/aromatic N) is 1. The fraction of sp³-hybridized carbons (Fsp3) is 0.174. The second-order valence-electron chi connectivity index (χ2n) is 6.61. The van der Waals surface area contributed by atoms with E-state index < -0.39 is 16.5 Å². The van der Waals surface area contributed by atoms with E-state index in [2.05, 4.69) is 5.32 Å². The Hall–Kier alpha value is -4.14. The molecule has 0 radical (unpaired) electrons. The van der Waals surface area contributed by atoms with Crippen LogP contribution in [0.3, 0.4) is 0 Å². The minimum absolute atomic E-state index is 0.136. The zero-order chi connectivity index (χ0) is 23.1. The third-order valence-corrected chi connectivity index (χ3v) is 4.41. The van der Waals surface area contributed by atoms with Crippen LogP contribution in [0, 0.1) is 15.9 Å². The fourth-order valence-corrected chi connectivity index (χ4v) is 2.97. The highest BCUT2D eigenvalue weighted by molar-refractivity contribution is 6.07. The van der Waals surface area contributed by atoms with Gasteiger partial charge in [-0.2, -0.15) is 0 Å². The number of ether oxygens (including phenoxy) is 3. The smallest absolute Gasteiger partial charge is 0.286 e.